The van der Waals surface area contributed by atoms with Gasteiger partial charge in [-0.05, 0) is 31.4 Å². The first-order valence-corrected chi connectivity index (χ1v) is 6.87. The topological polar surface area (TPSA) is 35.5 Å². The first kappa shape index (κ1) is 13.4. The monoisotopic (exact) mass is 248 g/mol. The highest BCUT2D eigenvalue weighted by molar-refractivity contribution is 5.61. The van der Waals surface area contributed by atoms with Crippen molar-refractivity contribution in [2.24, 2.45) is 0 Å². The molecular formula is C15H24N2O. The maximum Gasteiger partial charge on any atom is 0.0649 e. The molecule has 0 amide bonds. The Balaban J connectivity index is 2.44. The number of piperazine rings is 1. The first-order chi connectivity index (χ1) is 8.69. The fourth-order valence-corrected chi connectivity index (χ4v) is 2.95. The zero-order chi connectivity index (χ0) is 13.1. The van der Waals surface area contributed by atoms with Crippen molar-refractivity contribution in [1.82, 2.24) is 5.32 Å². The molecule has 100 valence electrons. The minimum atomic E-state index is 0.181. The molecule has 1 fully saturated rings. The summed E-state index contributed by atoms with van der Waals surface area (Å²) in [6, 6.07) is 7.09. The Bertz CT molecular complexity index is 405. The highest BCUT2D eigenvalue weighted by Gasteiger charge is 2.29. The minimum absolute atomic E-state index is 0.181. The zero-order valence-electron chi connectivity index (χ0n) is 11.6. The van der Waals surface area contributed by atoms with Crippen molar-refractivity contribution in [3.8, 4) is 0 Å². The van der Waals surface area contributed by atoms with Crippen molar-refractivity contribution < 1.29 is 5.11 Å². The molecule has 18 heavy (non-hydrogen) atoms. The van der Waals surface area contributed by atoms with Crippen LogP contribution in [0, 0.1) is 6.92 Å². The maximum atomic E-state index is 9.61. The second kappa shape index (κ2) is 5.72. The van der Waals surface area contributed by atoms with Crippen LogP contribution in [-0.4, -0.2) is 36.9 Å². The lowest BCUT2D eigenvalue weighted by Gasteiger charge is -2.43. The number of aliphatic hydroxyl groups is 1. The molecule has 2 N–H and O–H groups in total. The van der Waals surface area contributed by atoms with E-state index in [4.69, 9.17) is 0 Å². The Morgan fingerprint density at radius 1 is 1.39 bits per heavy atom. The van der Waals surface area contributed by atoms with Gasteiger partial charge in [0.15, 0.2) is 0 Å². The maximum absolute atomic E-state index is 9.61. The second-order valence-corrected chi connectivity index (χ2v) is 5.19. The summed E-state index contributed by atoms with van der Waals surface area (Å²) >= 11 is 0. The summed E-state index contributed by atoms with van der Waals surface area (Å²) in [7, 11) is 0. The highest BCUT2D eigenvalue weighted by atomic mass is 16.3. The van der Waals surface area contributed by atoms with Gasteiger partial charge in [0.25, 0.3) is 0 Å². The van der Waals surface area contributed by atoms with E-state index in [2.05, 4.69) is 49.2 Å². The Labute approximate surface area is 110 Å². The molecule has 0 aromatic heterocycles. The molecular weight excluding hydrogens is 224 g/mol. The van der Waals surface area contributed by atoms with Crippen LogP contribution < -0.4 is 10.2 Å². The number of benzene rings is 1. The van der Waals surface area contributed by atoms with Gasteiger partial charge >= 0.3 is 0 Å². The van der Waals surface area contributed by atoms with Gasteiger partial charge in [-0.25, -0.2) is 0 Å². The molecule has 2 atom stereocenters. The predicted molar refractivity (Wildman–Crippen MR) is 76.2 cm³/mol. The number of aryl methyl sites for hydroxylation is 2. The summed E-state index contributed by atoms with van der Waals surface area (Å²) in [6.07, 6.45) is 1.03. The fourth-order valence-electron chi connectivity index (χ4n) is 2.95. The molecule has 0 saturated carbocycles. The molecule has 0 aliphatic carbocycles. The molecule has 0 spiro atoms. The van der Waals surface area contributed by atoms with Crippen LogP contribution >= 0.6 is 0 Å². The van der Waals surface area contributed by atoms with Crippen LogP contribution in [0.3, 0.4) is 0 Å². The van der Waals surface area contributed by atoms with Crippen molar-refractivity contribution >= 4 is 5.69 Å². The van der Waals surface area contributed by atoms with Gasteiger partial charge in [0, 0.05) is 24.8 Å². The largest absolute Gasteiger partial charge is 0.394 e. The average molecular weight is 248 g/mol. The third kappa shape index (κ3) is 2.38. The van der Waals surface area contributed by atoms with Gasteiger partial charge < -0.3 is 15.3 Å². The summed E-state index contributed by atoms with van der Waals surface area (Å²) in [5, 5.41) is 13.0. The average Bonchev–Trinajstić information content (AvgIpc) is 2.38. The fraction of sp³-hybridized carbons (Fsp3) is 0.600. The van der Waals surface area contributed by atoms with Crippen LogP contribution in [0.4, 0.5) is 5.69 Å². The molecule has 0 bridgehead atoms. The lowest BCUT2D eigenvalue weighted by atomic mass is 9.99. The van der Waals surface area contributed by atoms with E-state index in [9.17, 15) is 5.11 Å². The smallest absolute Gasteiger partial charge is 0.0649 e. The quantitative estimate of drug-likeness (QED) is 0.855. The predicted octanol–water partition coefficient (Wildman–Crippen LogP) is 1.72. The molecule has 1 saturated heterocycles. The van der Waals surface area contributed by atoms with Crippen LogP contribution in [0.25, 0.3) is 0 Å². The summed E-state index contributed by atoms with van der Waals surface area (Å²) in [5.41, 5.74) is 4.01. The summed E-state index contributed by atoms with van der Waals surface area (Å²) in [4.78, 5) is 2.41. The van der Waals surface area contributed by atoms with E-state index >= 15 is 0 Å². The van der Waals surface area contributed by atoms with E-state index in [1.807, 2.05) is 0 Å². The lowest BCUT2D eigenvalue weighted by Crippen LogP contribution is -2.58. The summed E-state index contributed by atoms with van der Waals surface area (Å²) in [6.45, 7) is 8.62. The van der Waals surface area contributed by atoms with E-state index in [0.29, 0.717) is 6.04 Å². The number of nitrogens with one attached hydrogen (secondary N) is 1. The normalized spacial score (nSPS) is 24.3. The third-order valence-corrected chi connectivity index (χ3v) is 3.86. The number of nitrogens with zero attached hydrogens (tertiary/aromatic N) is 1. The number of hydrogen-bond acceptors (Lipinski definition) is 3. The second-order valence-electron chi connectivity index (χ2n) is 5.19. The van der Waals surface area contributed by atoms with Crippen LogP contribution in [0.1, 0.15) is 25.0 Å². The van der Waals surface area contributed by atoms with Gasteiger partial charge in [-0.15, -0.1) is 0 Å². The standard InChI is InChI=1S/C15H24N2O/c1-4-13-7-5-6-11(2)15(13)17-12(3)8-16-9-14(17)10-18/h5-7,12,14,16,18H,4,8-10H2,1-3H3. The van der Waals surface area contributed by atoms with Gasteiger partial charge in [0.2, 0.25) is 0 Å². The van der Waals surface area contributed by atoms with E-state index in [-0.39, 0.29) is 12.6 Å². The van der Waals surface area contributed by atoms with Gasteiger partial charge in [-0.2, -0.15) is 0 Å². The van der Waals surface area contributed by atoms with Crippen molar-refractivity contribution in [2.75, 3.05) is 24.6 Å². The minimum Gasteiger partial charge on any atom is -0.394 e. The van der Waals surface area contributed by atoms with Gasteiger partial charge in [-0.3, -0.25) is 0 Å². The molecule has 1 aromatic rings. The van der Waals surface area contributed by atoms with Gasteiger partial charge in [0.1, 0.15) is 0 Å². The number of para-hydroxylation sites is 1. The molecule has 2 rings (SSSR count). The molecule has 2 unspecified atom stereocenters. The van der Waals surface area contributed by atoms with E-state index in [1.54, 1.807) is 0 Å². The molecule has 1 aliphatic heterocycles. The van der Waals surface area contributed by atoms with Crippen molar-refractivity contribution in [3.63, 3.8) is 0 Å². The van der Waals surface area contributed by atoms with Crippen LogP contribution in [0.15, 0.2) is 18.2 Å². The zero-order valence-corrected chi connectivity index (χ0v) is 11.6. The Morgan fingerprint density at radius 3 is 2.83 bits per heavy atom. The van der Waals surface area contributed by atoms with Crippen LogP contribution in [-0.2, 0) is 6.42 Å². The molecule has 1 aliphatic rings. The van der Waals surface area contributed by atoms with Crippen molar-refractivity contribution in [3.05, 3.63) is 29.3 Å². The third-order valence-electron chi connectivity index (χ3n) is 3.86. The number of rotatable bonds is 3. The van der Waals surface area contributed by atoms with Crippen LogP contribution in [0.2, 0.25) is 0 Å². The summed E-state index contributed by atoms with van der Waals surface area (Å²) < 4.78 is 0. The Kier molecular flexibility index (Phi) is 4.25. The van der Waals surface area contributed by atoms with E-state index < -0.39 is 0 Å². The van der Waals surface area contributed by atoms with E-state index in [1.165, 1.54) is 16.8 Å². The number of anilines is 1. The SMILES string of the molecule is CCc1cccc(C)c1N1C(C)CNCC1CO. The molecule has 1 heterocycles. The lowest BCUT2D eigenvalue weighted by molar-refractivity contribution is 0.235. The molecule has 3 nitrogen and oxygen atoms in total. The number of hydrogen-bond donors (Lipinski definition) is 2. The number of aliphatic hydroxyl groups excluding tert-OH is 1. The van der Waals surface area contributed by atoms with Gasteiger partial charge in [0.05, 0.1) is 12.6 Å². The Morgan fingerprint density at radius 2 is 2.17 bits per heavy atom. The van der Waals surface area contributed by atoms with Crippen LogP contribution in [0.5, 0.6) is 0 Å². The molecule has 1 aromatic carbocycles. The van der Waals surface area contributed by atoms with E-state index in [0.717, 1.165) is 19.5 Å². The molecule has 0 radical (unpaired) electrons. The van der Waals surface area contributed by atoms with Crippen molar-refractivity contribution in [2.45, 2.75) is 39.3 Å². The Hall–Kier alpha value is -1.06. The summed E-state index contributed by atoms with van der Waals surface area (Å²) in [5.74, 6) is 0. The molecule has 3 heteroatoms. The van der Waals surface area contributed by atoms with Crippen molar-refractivity contribution in [1.29, 1.82) is 0 Å². The highest BCUT2D eigenvalue weighted by Crippen LogP contribution is 2.30. The first-order valence-electron chi connectivity index (χ1n) is 6.87. The van der Waals surface area contributed by atoms with Gasteiger partial charge in [-0.1, -0.05) is 25.1 Å².